The summed E-state index contributed by atoms with van der Waals surface area (Å²) < 4.78 is 341. The fourth-order valence-electron chi connectivity index (χ4n) is 2.81. The van der Waals surface area contributed by atoms with Crippen LogP contribution in [-0.4, -0.2) is 84.8 Å². The zero-order valence-corrected chi connectivity index (χ0v) is 20.5. The molecule has 0 aromatic rings. The van der Waals surface area contributed by atoms with Gasteiger partial charge in [-0.3, -0.25) is 0 Å². The van der Waals surface area contributed by atoms with Crippen molar-refractivity contribution in [1.82, 2.24) is 0 Å². The lowest BCUT2D eigenvalue weighted by atomic mass is 9.92. The molecule has 0 fully saturated rings. The number of alkyl halides is 26. The van der Waals surface area contributed by atoms with Crippen LogP contribution in [0.2, 0.25) is 0 Å². The smallest absolute Gasteiger partial charge is 0.381 e. The maximum atomic E-state index is 13.6. The van der Waals surface area contributed by atoms with E-state index in [2.05, 4.69) is 4.74 Å². The van der Waals surface area contributed by atoms with Crippen molar-refractivity contribution in [2.75, 3.05) is 13.2 Å². The Labute approximate surface area is 230 Å². The molecule has 0 saturated carbocycles. The zero-order valence-electron chi connectivity index (χ0n) is 20.5. The first-order chi connectivity index (χ1) is 19.2. The molecule has 0 unspecified atom stereocenters. The summed E-state index contributed by atoms with van der Waals surface area (Å²) in [5.41, 5.74) is 0. The van der Waals surface area contributed by atoms with Crippen LogP contribution in [0.15, 0.2) is 0 Å². The van der Waals surface area contributed by atoms with E-state index in [-0.39, 0.29) is 0 Å². The summed E-state index contributed by atoms with van der Waals surface area (Å²) in [5.74, 6) is -77.3. The second-order valence-corrected chi connectivity index (χ2v) is 8.82. The third-order valence-electron chi connectivity index (χ3n) is 5.56. The molecular formula is C18H12F26O. The minimum Gasteiger partial charge on any atom is -0.381 e. The van der Waals surface area contributed by atoms with Gasteiger partial charge in [-0.25, -0.2) is 0 Å². The Hall–Kier alpha value is -1.86. The first kappa shape index (κ1) is 43.1. The first-order valence-electron chi connectivity index (χ1n) is 10.7. The molecule has 0 bridgehead atoms. The van der Waals surface area contributed by atoms with E-state index in [0.717, 1.165) is 0 Å². The number of hydrogen-bond acceptors (Lipinski definition) is 1. The van der Waals surface area contributed by atoms with Crippen LogP contribution in [0, 0.1) is 0 Å². The molecule has 0 N–H and O–H groups in total. The maximum Gasteiger partial charge on any atom is 0.460 e. The van der Waals surface area contributed by atoms with E-state index in [0.29, 0.717) is 0 Å². The van der Waals surface area contributed by atoms with Gasteiger partial charge in [-0.15, -0.1) is 0 Å². The molecular weight excluding hydrogens is 726 g/mol. The SMILES string of the molecule is FC(F)(F)C(F)(F)C(F)(F)C(F)(F)C(F)(F)C(F)(F)CCCOCCCC(F)(F)C(F)(F)C(F)(F)C(F)(F)C(F)(F)C(F)(F)F. The highest BCUT2D eigenvalue weighted by Crippen LogP contribution is 2.62. The van der Waals surface area contributed by atoms with Gasteiger partial charge < -0.3 is 4.74 Å². The minimum absolute atomic E-state index is 1.64. The Bertz CT molecular complexity index is 909. The summed E-state index contributed by atoms with van der Waals surface area (Å²) in [4.78, 5) is 0. The standard InChI is InChI=1S/C18H12F26O/c19-7(20,9(23,24)11(27,28)13(31,32)15(35,36)17(39,40)41)3-1-5-45-6-2-4-8(21,22)10(25,26)12(29,30)14(33,34)16(37,38)18(42,43)44/h1-6H2. The van der Waals surface area contributed by atoms with Crippen molar-refractivity contribution in [1.29, 1.82) is 0 Å². The number of halogens is 26. The van der Waals surface area contributed by atoms with Crippen molar-refractivity contribution in [3.05, 3.63) is 0 Å². The summed E-state index contributed by atoms with van der Waals surface area (Å²) >= 11 is 0. The lowest BCUT2D eigenvalue weighted by Gasteiger charge is -2.39. The number of ether oxygens (including phenoxy) is 1. The molecule has 0 saturated heterocycles. The van der Waals surface area contributed by atoms with E-state index in [4.69, 9.17) is 0 Å². The molecule has 27 heteroatoms. The molecule has 0 aromatic carbocycles. The zero-order chi connectivity index (χ0) is 36.9. The molecule has 0 radical (unpaired) electrons. The van der Waals surface area contributed by atoms with Gasteiger partial charge in [-0.05, 0) is 12.8 Å². The van der Waals surface area contributed by atoms with Gasteiger partial charge in [0, 0.05) is 26.1 Å². The van der Waals surface area contributed by atoms with E-state index >= 15 is 0 Å². The van der Waals surface area contributed by atoms with Crippen LogP contribution < -0.4 is 0 Å². The van der Waals surface area contributed by atoms with Crippen molar-refractivity contribution in [3.63, 3.8) is 0 Å². The fourth-order valence-corrected chi connectivity index (χ4v) is 2.81. The summed E-state index contributed by atoms with van der Waals surface area (Å²) in [6.07, 6.45) is -24.7. The molecule has 0 heterocycles. The van der Waals surface area contributed by atoms with Gasteiger partial charge in [0.2, 0.25) is 0 Å². The molecule has 0 spiro atoms. The molecule has 0 aliphatic heterocycles. The van der Waals surface area contributed by atoms with Gasteiger partial charge in [0.05, 0.1) is 0 Å². The van der Waals surface area contributed by atoms with Gasteiger partial charge in [-0.1, -0.05) is 0 Å². The molecule has 0 rings (SSSR count). The van der Waals surface area contributed by atoms with Crippen LogP contribution in [0.4, 0.5) is 114 Å². The average molecular weight is 738 g/mol. The Morgan fingerprint density at radius 1 is 0.267 bits per heavy atom. The predicted octanol–water partition coefficient (Wildman–Crippen LogP) is 10.0. The van der Waals surface area contributed by atoms with Crippen LogP contribution in [0.5, 0.6) is 0 Å². The van der Waals surface area contributed by atoms with E-state index < -0.39 is 110 Å². The van der Waals surface area contributed by atoms with Crippen LogP contribution >= 0.6 is 0 Å². The highest BCUT2D eigenvalue weighted by molar-refractivity contribution is 5.11. The van der Waals surface area contributed by atoms with Gasteiger partial charge in [0.15, 0.2) is 0 Å². The van der Waals surface area contributed by atoms with Gasteiger partial charge in [0.25, 0.3) is 0 Å². The van der Waals surface area contributed by atoms with Gasteiger partial charge in [-0.2, -0.15) is 114 Å². The third kappa shape index (κ3) is 6.77. The maximum absolute atomic E-state index is 13.6. The van der Waals surface area contributed by atoms with Gasteiger partial charge >= 0.3 is 71.6 Å². The second-order valence-electron chi connectivity index (χ2n) is 8.82. The van der Waals surface area contributed by atoms with Gasteiger partial charge in [0.1, 0.15) is 0 Å². The summed E-state index contributed by atoms with van der Waals surface area (Å²) in [7, 11) is 0. The Balaban J connectivity index is 5.45. The number of hydrogen-bond donors (Lipinski definition) is 0. The summed E-state index contributed by atoms with van der Waals surface area (Å²) in [6.45, 7) is -3.28. The molecule has 0 atom stereocenters. The van der Waals surface area contributed by atoms with E-state index in [1.165, 1.54) is 0 Å². The Morgan fingerprint density at radius 3 is 0.667 bits per heavy atom. The van der Waals surface area contributed by atoms with Crippen LogP contribution in [0.25, 0.3) is 0 Å². The third-order valence-corrected chi connectivity index (χ3v) is 5.56. The first-order valence-corrected chi connectivity index (χ1v) is 10.7. The molecule has 0 aliphatic carbocycles. The normalized spacial score (nSPS) is 16.4. The Kier molecular flexibility index (Phi) is 11.5. The van der Waals surface area contributed by atoms with Crippen molar-refractivity contribution in [3.8, 4) is 0 Å². The Morgan fingerprint density at radius 2 is 0.467 bits per heavy atom. The second kappa shape index (κ2) is 12.0. The highest BCUT2D eigenvalue weighted by Gasteiger charge is 2.91. The lowest BCUT2D eigenvalue weighted by molar-refractivity contribution is -0.440. The largest absolute Gasteiger partial charge is 0.460 e. The predicted molar refractivity (Wildman–Crippen MR) is 90.9 cm³/mol. The number of rotatable bonds is 16. The highest BCUT2D eigenvalue weighted by atomic mass is 19.4. The quantitative estimate of drug-likeness (QED) is 0.113. The minimum atomic E-state index is -8.21. The molecule has 272 valence electrons. The topological polar surface area (TPSA) is 9.23 Å². The van der Waals surface area contributed by atoms with Crippen LogP contribution in [0.3, 0.4) is 0 Å². The summed E-state index contributed by atoms with van der Waals surface area (Å²) in [6, 6.07) is 0. The summed E-state index contributed by atoms with van der Waals surface area (Å²) in [5, 5.41) is 0. The van der Waals surface area contributed by atoms with Crippen molar-refractivity contribution >= 4 is 0 Å². The van der Waals surface area contributed by atoms with Crippen molar-refractivity contribution in [2.24, 2.45) is 0 Å². The monoisotopic (exact) mass is 738 g/mol. The molecule has 1 nitrogen and oxygen atoms in total. The van der Waals surface area contributed by atoms with Crippen LogP contribution in [0.1, 0.15) is 25.7 Å². The average Bonchev–Trinajstić information content (AvgIpc) is 2.80. The van der Waals surface area contributed by atoms with Crippen molar-refractivity contribution in [2.45, 2.75) is 97.3 Å². The van der Waals surface area contributed by atoms with E-state index in [9.17, 15) is 114 Å². The fraction of sp³-hybridized carbons (Fsp3) is 1.00. The van der Waals surface area contributed by atoms with E-state index in [1.54, 1.807) is 0 Å². The van der Waals surface area contributed by atoms with Crippen LogP contribution in [-0.2, 0) is 4.74 Å². The molecule has 0 aromatic heterocycles. The van der Waals surface area contributed by atoms with Crippen molar-refractivity contribution < 1.29 is 119 Å². The molecule has 0 amide bonds. The van der Waals surface area contributed by atoms with E-state index in [1.807, 2.05) is 0 Å². The lowest BCUT2D eigenvalue weighted by Crippen LogP contribution is -2.70. The molecule has 45 heavy (non-hydrogen) atoms. The molecule has 0 aliphatic rings.